The topological polar surface area (TPSA) is 41.6 Å². The van der Waals surface area contributed by atoms with E-state index in [0.29, 0.717) is 6.07 Å². The number of nitrogens with zero attached hydrogens (tertiary/aromatic N) is 2. The molecule has 0 unspecified atom stereocenters. The Morgan fingerprint density at radius 2 is 1.65 bits per heavy atom. The van der Waals surface area contributed by atoms with Gasteiger partial charge < -0.3 is 4.98 Å². The summed E-state index contributed by atoms with van der Waals surface area (Å²) in [4.78, 5) is 8.08. The second-order valence-electron chi connectivity index (χ2n) is 3.15. The Balaban J connectivity index is 2.76. The van der Waals surface area contributed by atoms with E-state index in [1.165, 1.54) is 0 Å². The number of pyridine rings is 1. The summed E-state index contributed by atoms with van der Waals surface area (Å²) in [6.07, 6.45) is -9.06. The number of hydrogen-bond donors (Lipinski definition) is 1. The van der Waals surface area contributed by atoms with Crippen molar-refractivity contribution in [3.8, 4) is 0 Å². The zero-order chi connectivity index (χ0) is 12.8. The highest BCUT2D eigenvalue weighted by Crippen LogP contribution is 2.36. The second kappa shape index (κ2) is 3.34. The minimum Gasteiger partial charge on any atom is -0.344 e. The average molecular weight is 255 g/mol. The molecule has 0 fully saturated rings. The van der Waals surface area contributed by atoms with E-state index in [0.717, 1.165) is 6.33 Å². The summed E-state index contributed by atoms with van der Waals surface area (Å²) in [5.74, 6) is 0. The summed E-state index contributed by atoms with van der Waals surface area (Å²) in [5.41, 5.74) is -4.25. The zero-order valence-electron chi connectivity index (χ0n) is 7.82. The number of aromatic nitrogens is 3. The van der Waals surface area contributed by atoms with E-state index in [9.17, 15) is 26.3 Å². The molecule has 0 aliphatic carbocycles. The molecule has 0 aromatic carbocycles. The first-order valence-electron chi connectivity index (χ1n) is 4.18. The third kappa shape index (κ3) is 2.04. The molecule has 2 rings (SSSR count). The van der Waals surface area contributed by atoms with Gasteiger partial charge in [0.25, 0.3) is 0 Å². The first kappa shape index (κ1) is 11.7. The maximum absolute atomic E-state index is 12.5. The number of hydrogen-bond acceptors (Lipinski definition) is 2. The van der Waals surface area contributed by atoms with Crippen molar-refractivity contribution in [3.05, 3.63) is 23.8 Å². The standard InChI is InChI=1S/C8H3F6N3/c9-7(10,11)4-1-3-5(16-2-15-3)6(17-4)8(12,13)14/h1-2H,(H,15,16). The van der Waals surface area contributed by atoms with Crippen LogP contribution in [0.25, 0.3) is 11.0 Å². The Hall–Kier alpha value is -1.80. The fourth-order valence-electron chi connectivity index (χ4n) is 1.29. The quantitative estimate of drug-likeness (QED) is 0.735. The number of aromatic amines is 1. The van der Waals surface area contributed by atoms with Crippen molar-refractivity contribution in [2.45, 2.75) is 12.4 Å². The van der Waals surface area contributed by atoms with E-state index in [2.05, 4.69) is 15.0 Å². The van der Waals surface area contributed by atoms with E-state index in [-0.39, 0.29) is 5.52 Å². The molecule has 0 aliphatic rings. The van der Waals surface area contributed by atoms with Gasteiger partial charge >= 0.3 is 12.4 Å². The van der Waals surface area contributed by atoms with Crippen LogP contribution in [0.15, 0.2) is 12.4 Å². The fraction of sp³-hybridized carbons (Fsp3) is 0.250. The van der Waals surface area contributed by atoms with Crippen molar-refractivity contribution in [1.29, 1.82) is 0 Å². The van der Waals surface area contributed by atoms with Gasteiger partial charge in [0.2, 0.25) is 0 Å². The molecule has 2 heterocycles. The Morgan fingerprint density at radius 3 is 2.18 bits per heavy atom. The molecular formula is C8H3F6N3. The van der Waals surface area contributed by atoms with Crippen LogP contribution in [0.1, 0.15) is 11.4 Å². The predicted molar refractivity (Wildman–Crippen MR) is 43.9 cm³/mol. The van der Waals surface area contributed by atoms with Gasteiger partial charge in [-0.25, -0.2) is 9.97 Å². The van der Waals surface area contributed by atoms with Gasteiger partial charge in [-0.05, 0) is 6.07 Å². The van der Waals surface area contributed by atoms with Crippen molar-refractivity contribution in [2.24, 2.45) is 0 Å². The molecule has 0 atom stereocenters. The lowest BCUT2D eigenvalue weighted by atomic mass is 10.2. The monoisotopic (exact) mass is 255 g/mol. The number of alkyl halides is 6. The van der Waals surface area contributed by atoms with Crippen LogP contribution in [0.4, 0.5) is 26.3 Å². The van der Waals surface area contributed by atoms with E-state index >= 15 is 0 Å². The number of rotatable bonds is 0. The van der Waals surface area contributed by atoms with Gasteiger partial charge in [-0.15, -0.1) is 0 Å². The van der Waals surface area contributed by atoms with Gasteiger partial charge in [0, 0.05) is 0 Å². The predicted octanol–water partition coefficient (Wildman–Crippen LogP) is 3.00. The summed E-state index contributed by atoms with van der Waals surface area (Å²) in [7, 11) is 0. The maximum atomic E-state index is 12.5. The normalized spacial score (nSPS) is 13.3. The summed E-state index contributed by atoms with van der Waals surface area (Å²) >= 11 is 0. The van der Waals surface area contributed by atoms with Gasteiger partial charge in [0.05, 0.1) is 11.8 Å². The molecule has 0 spiro atoms. The second-order valence-corrected chi connectivity index (χ2v) is 3.15. The Labute approximate surface area is 89.5 Å². The molecule has 0 saturated heterocycles. The molecule has 0 aliphatic heterocycles. The lowest BCUT2D eigenvalue weighted by Crippen LogP contribution is -2.15. The summed E-state index contributed by atoms with van der Waals surface area (Å²) in [5, 5.41) is 0. The number of H-pyrrole nitrogens is 1. The van der Waals surface area contributed by atoms with Crippen LogP contribution in [0.3, 0.4) is 0 Å². The largest absolute Gasteiger partial charge is 0.435 e. The zero-order valence-corrected chi connectivity index (χ0v) is 7.82. The minimum absolute atomic E-state index is 0.361. The van der Waals surface area contributed by atoms with Crippen molar-refractivity contribution < 1.29 is 26.3 Å². The van der Waals surface area contributed by atoms with Gasteiger partial charge in [-0.3, -0.25) is 0 Å². The number of imidazole rings is 1. The Bertz CT molecular complexity index is 552. The Kier molecular flexibility index (Phi) is 2.30. The van der Waals surface area contributed by atoms with Crippen LogP contribution in [0.2, 0.25) is 0 Å². The van der Waals surface area contributed by atoms with Crippen LogP contribution in [0.5, 0.6) is 0 Å². The van der Waals surface area contributed by atoms with Crippen LogP contribution in [-0.2, 0) is 12.4 Å². The third-order valence-corrected chi connectivity index (χ3v) is 1.97. The van der Waals surface area contributed by atoms with Crippen LogP contribution in [-0.4, -0.2) is 15.0 Å². The number of halogens is 6. The molecule has 2 aromatic rings. The SMILES string of the molecule is FC(F)(F)c1cc2[nH]cnc2c(C(F)(F)F)n1. The molecule has 0 saturated carbocycles. The first-order chi connectivity index (χ1) is 7.69. The third-order valence-electron chi connectivity index (χ3n) is 1.97. The molecule has 3 nitrogen and oxygen atoms in total. The lowest BCUT2D eigenvalue weighted by molar-refractivity contribution is -0.149. The summed E-state index contributed by atoms with van der Waals surface area (Å²) in [6, 6.07) is 0.484. The number of fused-ring (bicyclic) bond motifs is 1. The molecule has 2 aromatic heterocycles. The highest BCUT2D eigenvalue weighted by atomic mass is 19.4. The van der Waals surface area contributed by atoms with Crippen molar-refractivity contribution in [2.75, 3.05) is 0 Å². The van der Waals surface area contributed by atoms with Gasteiger partial charge in [-0.1, -0.05) is 0 Å². The van der Waals surface area contributed by atoms with Gasteiger partial charge in [-0.2, -0.15) is 26.3 Å². The molecule has 0 bridgehead atoms. The molecular weight excluding hydrogens is 252 g/mol. The van der Waals surface area contributed by atoms with Crippen molar-refractivity contribution >= 4 is 11.0 Å². The van der Waals surface area contributed by atoms with E-state index in [1.807, 2.05) is 0 Å². The average Bonchev–Trinajstić information content (AvgIpc) is 2.59. The number of nitrogens with one attached hydrogen (secondary N) is 1. The molecule has 0 radical (unpaired) electrons. The van der Waals surface area contributed by atoms with Crippen molar-refractivity contribution in [1.82, 2.24) is 15.0 Å². The Morgan fingerprint density at radius 1 is 1.00 bits per heavy atom. The van der Waals surface area contributed by atoms with Crippen molar-refractivity contribution in [3.63, 3.8) is 0 Å². The van der Waals surface area contributed by atoms with E-state index in [4.69, 9.17) is 0 Å². The van der Waals surface area contributed by atoms with Gasteiger partial charge in [0.15, 0.2) is 5.69 Å². The summed E-state index contributed by atoms with van der Waals surface area (Å²) in [6.45, 7) is 0. The molecule has 1 N–H and O–H groups in total. The minimum atomic E-state index is -4.99. The van der Waals surface area contributed by atoms with Crippen LogP contribution < -0.4 is 0 Å². The highest BCUT2D eigenvalue weighted by molar-refractivity contribution is 5.77. The highest BCUT2D eigenvalue weighted by Gasteiger charge is 2.40. The van der Waals surface area contributed by atoms with E-state index in [1.54, 1.807) is 0 Å². The van der Waals surface area contributed by atoms with Crippen LogP contribution in [0, 0.1) is 0 Å². The molecule has 17 heavy (non-hydrogen) atoms. The van der Waals surface area contributed by atoms with Gasteiger partial charge in [0.1, 0.15) is 11.2 Å². The molecule has 0 amide bonds. The maximum Gasteiger partial charge on any atom is 0.435 e. The molecule has 9 heteroatoms. The first-order valence-corrected chi connectivity index (χ1v) is 4.18. The smallest absolute Gasteiger partial charge is 0.344 e. The summed E-state index contributed by atoms with van der Waals surface area (Å²) < 4.78 is 74.4. The molecule has 92 valence electrons. The van der Waals surface area contributed by atoms with E-state index < -0.39 is 29.3 Å². The van der Waals surface area contributed by atoms with Crippen LogP contribution >= 0.6 is 0 Å². The fourth-order valence-corrected chi connectivity index (χ4v) is 1.29. The lowest BCUT2D eigenvalue weighted by Gasteiger charge is -2.10.